The SMILES string of the molecule is CCC[C@@H](CO)Nc1nc(N)nc2cn(Cc3c(OC)cc(CN(C)CCN)cc3OC)nc12. The van der Waals surface area contributed by atoms with E-state index >= 15 is 0 Å². The Hall–Kier alpha value is -3.15. The van der Waals surface area contributed by atoms with Gasteiger partial charge in [0.05, 0.1) is 45.2 Å². The minimum atomic E-state index is -0.141. The molecule has 0 bridgehead atoms. The van der Waals surface area contributed by atoms with Gasteiger partial charge >= 0.3 is 0 Å². The molecule has 6 N–H and O–H groups in total. The first-order valence-corrected chi connectivity index (χ1v) is 11.4. The van der Waals surface area contributed by atoms with Gasteiger partial charge in [-0.3, -0.25) is 4.68 Å². The number of aliphatic hydroxyl groups excluding tert-OH is 1. The van der Waals surface area contributed by atoms with Crippen LogP contribution in [0.5, 0.6) is 11.5 Å². The zero-order valence-corrected chi connectivity index (χ0v) is 20.4. The highest BCUT2D eigenvalue weighted by Gasteiger charge is 2.18. The van der Waals surface area contributed by atoms with Gasteiger partial charge in [-0.1, -0.05) is 13.3 Å². The second-order valence-corrected chi connectivity index (χ2v) is 8.31. The lowest BCUT2D eigenvalue weighted by Crippen LogP contribution is -2.25. The van der Waals surface area contributed by atoms with E-state index in [1.807, 2.05) is 25.4 Å². The van der Waals surface area contributed by atoms with Gasteiger partial charge in [0, 0.05) is 19.6 Å². The van der Waals surface area contributed by atoms with Gasteiger partial charge in [-0.2, -0.15) is 10.1 Å². The molecule has 2 aromatic heterocycles. The lowest BCUT2D eigenvalue weighted by atomic mass is 10.1. The lowest BCUT2D eigenvalue weighted by Gasteiger charge is -2.19. The molecule has 0 unspecified atom stereocenters. The van der Waals surface area contributed by atoms with E-state index < -0.39 is 0 Å². The third-order valence-electron chi connectivity index (χ3n) is 5.58. The number of aliphatic hydroxyl groups is 1. The van der Waals surface area contributed by atoms with Crippen molar-refractivity contribution in [3.8, 4) is 11.5 Å². The van der Waals surface area contributed by atoms with Crippen molar-refractivity contribution in [1.82, 2.24) is 24.6 Å². The number of nitrogens with one attached hydrogen (secondary N) is 1. The normalized spacial score (nSPS) is 12.3. The van der Waals surface area contributed by atoms with Crippen LogP contribution in [0.2, 0.25) is 0 Å². The zero-order valence-electron chi connectivity index (χ0n) is 20.4. The van der Waals surface area contributed by atoms with Crippen molar-refractivity contribution in [2.24, 2.45) is 5.73 Å². The maximum Gasteiger partial charge on any atom is 0.222 e. The molecule has 0 fully saturated rings. The highest BCUT2D eigenvalue weighted by Crippen LogP contribution is 2.32. The van der Waals surface area contributed by atoms with Gasteiger partial charge in [0.25, 0.3) is 0 Å². The van der Waals surface area contributed by atoms with Crippen molar-refractivity contribution in [2.45, 2.75) is 38.9 Å². The van der Waals surface area contributed by atoms with Gasteiger partial charge in [0.15, 0.2) is 11.3 Å². The standard InChI is InChI=1S/C23H36N8O3/c1-5-6-16(14-32)26-22-21-18(27-23(25)28-22)13-31(29-21)12-17-19(33-3)9-15(10-20(17)34-4)11-30(2)8-7-24/h9-10,13,16,32H,5-8,11-12,14,24H2,1-4H3,(H3,25,26,27,28)/t16-/m0/s1. The summed E-state index contributed by atoms with van der Waals surface area (Å²) in [6.07, 6.45) is 3.53. The van der Waals surface area contributed by atoms with Gasteiger partial charge in [-0.05, 0) is 31.2 Å². The molecule has 0 radical (unpaired) electrons. The Kier molecular flexibility index (Phi) is 8.85. The lowest BCUT2D eigenvalue weighted by molar-refractivity contribution is 0.268. The number of nitrogen functional groups attached to an aromatic ring is 1. The first kappa shape index (κ1) is 25.5. The number of anilines is 2. The van der Waals surface area contributed by atoms with Crippen molar-refractivity contribution < 1.29 is 14.6 Å². The number of hydrogen-bond donors (Lipinski definition) is 4. The van der Waals surface area contributed by atoms with Crippen molar-refractivity contribution in [3.05, 3.63) is 29.5 Å². The number of likely N-dealkylation sites (N-methyl/N-ethyl adjacent to an activating group) is 1. The summed E-state index contributed by atoms with van der Waals surface area (Å²) in [5, 5.41) is 17.6. The number of hydrogen-bond acceptors (Lipinski definition) is 10. The van der Waals surface area contributed by atoms with Crippen LogP contribution in [0.3, 0.4) is 0 Å². The van der Waals surface area contributed by atoms with E-state index in [1.165, 1.54) is 0 Å². The Bertz CT molecular complexity index is 1060. The third kappa shape index (κ3) is 6.04. The van der Waals surface area contributed by atoms with Crippen LogP contribution in [0, 0.1) is 0 Å². The molecule has 3 aromatic rings. The molecule has 0 spiro atoms. The van der Waals surface area contributed by atoms with E-state index in [-0.39, 0.29) is 18.6 Å². The third-order valence-corrected chi connectivity index (χ3v) is 5.58. The van der Waals surface area contributed by atoms with Crippen molar-refractivity contribution in [1.29, 1.82) is 0 Å². The topological polar surface area (TPSA) is 150 Å². The fraction of sp³-hybridized carbons (Fsp3) is 0.522. The predicted molar refractivity (Wildman–Crippen MR) is 133 cm³/mol. The van der Waals surface area contributed by atoms with Crippen LogP contribution in [-0.4, -0.2) is 76.8 Å². The molecule has 0 saturated heterocycles. The van der Waals surface area contributed by atoms with Crippen LogP contribution in [0.15, 0.2) is 18.3 Å². The molecular formula is C23H36N8O3. The van der Waals surface area contributed by atoms with E-state index in [0.29, 0.717) is 41.4 Å². The summed E-state index contributed by atoms with van der Waals surface area (Å²) >= 11 is 0. The summed E-state index contributed by atoms with van der Waals surface area (Å²) in [4.78, 5) is 10.8. The quantitative estimate of drug-likeness (QED) is 0.288. The minimum Gasteiger partial charge on any atom is -0.496 e. The largest absolute Gasteiger partial charge is 0.496 e. The molecule has 0 aliphatic carbocycles. The van der Waals surface area contributed by atoms with Gasteiger partial charge < -0.3 is 36.3 Å². The monoisotopic (exact) mass is 472 g/mol. The predicted octanol–water partition coefficient (Wildman–Crippen LogP) is 1.44. The van der Waals surface area contributed by atoms with E-state index in [2.05, 4.69) is 27.1 Å². The molecule has 1 aromatic carbocycles. The summed E-state index contributed by atoms with van der Waals surface area (Å²) in [7, 11) is 5.31. The molecule has 186 valence electrons. The molecule has 1 atom stereocenters. The number of ether oxygens (including phenoxy) is 2. The molecule has 11 heteroatoms. The maximum absolute atomic E-state index is 9.68. The van der Waals surface area contributed by atoms with Gasteiger partial charge in [0.2, 0.25) is 5.95 Å². The molecule has 3 rings (SSSR count). The molecule has 11 nitrogen and oxygen atoms in total. The van der Waals surface area contributed by atoms with Crippen LogP contribution >= 0.6 is 0 Å². The van der Waals surface area contributed by atoms with Crippen molar-refractivity contribution in [2.75, 3.05) is 52.0 Å². The molecule has 0 amide bonds. The Labute approximate surface area is 200 Å². The molecular weight excluding hydrogens is 436 g/mol. The fourth-order valence-electron chi connectivity index (χ4n) is 3.97. The van der Waals surface area contributed by atoms with Crippen LogP contribution in [0.4, 0.5) is 11.8 Å². The molecule has 0 aliphatic rings. The summed E-state index contributed by atoms with van der Waals surface area (Å²) in [6.45, 7) is 4.56. The Balaban J connectivity index is 1.94. The second kappa shape index (κ2) is 11.8. The van der Waals surface area contributed by atoms with Crippen molar-refractivity contribution in [3.63, 3.8) is 0 Å². The van der Waals surface area contributed by atoms with Gasteiger partial charge in [-0.15, -0.1) is 0 Å². The number of benzene rings is 1. The van der Waals surface area contributed by atoms with Gasteiger partial charge in [-0.25, -0.2) is 4.98 Å². The van der Waals surface area contributed by atoms with Crippen LogP contribution in [-0.2, 0) is 13.1 Å². The average molecular weight is 473 g/mol. The van der Waals surface area contributed by atoms with Crippen LogP contribution in [0.25, 0.3) is 11.0 Å². The molecule has 2 heterocycles. The Morgan fingerprint density at radius 3 is 2.50 bits per heavy atom. The smallest absolute Gasteiger partial charge is 0.222 e. The number of nitrogens with zero attached hydrogens (tertiary/aromatic N) is 5. The van der Waals surface area contributed by atoms with Crippen molar-refractivity contribution >= 4 is 22.8 Å². The number of rotatable bonds is 13. The summed E-state index contributed by atoms with van der Waals surface area (Å²) in [5.41, 5.74) is 14.7. The van der Waals surface area contributed by atoms with Gasteiger partial charge in [0.1, 0.15) is 17.0 Å². The van der Waals surface area contributed by atoms with E-state index in [1.54, 1.807) is 18.9 Å². The summed E-state index contributed by atoms with van der Waals surface area (Å²) in [5.74, 6) is 2.07. The molecule has 34 heavy (non-hydrogen) atoms. The number of methoxy groups -OCH3 is 2. The highest BCUT2D eigenvalue weighted by molar-refractivity contribution is 5.86. The molecule has 0 aliphatic heterocycles. The number of aromatic nitrogens is 4. The highest BCUT2D eigenvalue weighted by atomic mass is 16.5. The summed E-state index contributed by atoms with van der Waals surface area (Å²) in [6, 6.07) is 3.88. The maximum atomic E-state index is 9.68. The first-order chi connectivity index (χ1) is 16.4. The number of fused-ring (bicyclic) bond motifs is 1. The van der Waals surface area contributed by atoms with Crippen LogP contribution in [0.1, 0.15) is 30.9 Å². The minimum absolute atomic E-state index is 0.0127. The fourth-order valence-corrected chi connectivity index (χ4v) is 3.97. The average Bonchev–Trinajstić information content (AvgIpc) is 3.21. The summed E-state index contributed by atoms with van der Waals surface area (Å²) < 4.78 is 13.2. The zero-order chi connectivity index (χ0) is 24.7. The molecule has 0 saturated carbocycles. The van der Waals surface area contributed by atoms with E-state index in [0.717, 1.165) is 37.1 Å². The second-order valence-electron chi connectivity index (χ2n) is 8.31. The Morgan fingerprint density at radius 1 is 1.21 bits per heavy atom. The van der Waals surface area contributed by atoms with Crippen LogP contribution < -0.4 is 26.3 Å². The van der Waals surface area contributed by atoms with E-state index in [4.69, 9.17) is 26.0 Å². The van der Waals surface area contributed by atoms with E-state index in [9.17, 15) is 5.11 Å². The Morgan fingerprint density at radius 2 is 1.91 bits per heavy atom. The number of nitrogens with two attached hydrogens (primary N) is 2. The first-order valence-electron chi connectivity index (χ1n) is 11.4.